The number of carbonyl (C=O) groups excluding carboxylic acids is 1. The van der Waals surface area contributed by atoms with E-state index >= 15 is 0 Å². The predicted octanol–water partition coefficient (Wildman–Crippen LogP) is 4.07. The number of nitrogens with zero attached hydrogens (tertiary/aromatic N) is 3. The summed E-state index contributed by atoms with van der Waals surface area (Å²) < 4.78 is 46.7. The van der Waals surface area contributed by atoms with E-state index in [2.05, 4.69) is 15.3 Å². The predicted molar refractivity (Wildman–Crippen MR) is 98.3 cm³/mol. The molecule has 6 nitrogen and oxygen atoms in total. The molecule has 0 aromatic carbocycles. The van der Waals surface area contributed by atoms with Gasteiger partial charge in [-0.05, 0) is 31.4 Å². The standard InChI is InChI=1S/C20H17F3N4O2/c1-29-14-5-11(24-18(28)13-4-2-3-12(25-13)16(21)22)6-27-7-15(26-17(14)27)19-8-20(23,9-19)10-19/h2-7,16H,8-10H2,1H3,(H,24,28). The number of hydrogen-bond acceptors (Lipinski definition) is 4. The lowest BCUT2D eigenvalue weighted by Crippen LogP contribution is -2.67. The molecule has 0 unspecified atom stereocenters. The minimum Gasteiger partial charge on any atom is -0.493 e. The first kappa shape index (κ1) is 18.0. The first-order valence-electron chi connectivity index (χ1n) is 9.14. The number of ether oxygens (including phenoxy) is 1. The third-order valence-corrected chi connectivity index (χ3v) is 5.73. The Bertz CT molecular complexity index is 1120. The van der Waals surface area contributed by atoms with Gasteiger partial charge in [-0.3, -0.25) is 4.79 Å². The van der Waals surface area contributed by atoms with E-state index in [1.54, 1.807) is 16.7 Å². The fourth-order valence-electron chi connectivity index (χ4n) is 4.37. The molecule has 1 N–H and O–H groups in total. The van der Waals surface area contributed by atoms with Gasteiger partial charge < -0.3 is 14.5 Å². The molecule has 3 aliphatic carbocycles. The Labute approximate surface area is 163 Å². The number of halogens is 3. The van der Waals surface area contributed by atoms with Crippen LogP contribution < -0.4 is 10.1 Å². The van der Waals surface area contributed by atoms with E-state index in [1.807, 2.05) is 6.20 Å². The zero-order valence-corrected chi connectivity index (χ0v) is 15.5. The van der Waals surface area contributed by atoms with Crippen LogP contribution in [0.25, 0.3) is 5.65 Å². The largest absolute Gasteiger partial charge is 0.493 e. The van der Waals surface area contributed by atoms with Gasteiger partial charge in [-0.25, -0.2) is 23.1 Å². The van der Waals surface area contributed by atoms with Gasteiger partial charge in [0.15, 0.2) is 11.4 Å². The van der Waals surface area contributed by atoms with Crippen molar-refractivity contribution in [3.05, 3.63) is 53.7 Å². The lowest BCUT2D eigenvalue weighted by atomic mass is 9.41. The van der Waals surface area contributed by atoms with E-state index in [1.165, 1.54) is 19.2 Å². The van der Waals surface area contributed by atoms with Gasteiger partial charge in [0.25, 0.3) is 12.3 Å². The Morgan fingerprint density at radius 2 is 2.00 bits per heavy atom. The normalized spacial score (nSPS) is 24.9. The highest BCUT2D eigenvalue weighted by Crippen LogP contribution is 2.69. The topological polar surface area (TPSA) is 68.5 Å². The molecule has 3 heterocycles. The maximum Gasteiger partial charge on any atom is 0.280 e. The van der Waals surface area contributed by atoms with E-state index < -0.39 is 23.7 Å². The second kappa shape index (κ2) is 5.95. The first-order valence-corrected chi connectivity index (χ1v) is 9.14. The van der Waals surface area contributed by atoms with Crippen molar-refractivity contribution in [2.45, 2.75) is 36.8 Å². The van der Waals surface area contributed by atoms with Crippen LogP contribution in [0.5, 0.6) is 5.75 Å². The number of hydrogen-bond donors (Lipinski definition) is 1. The van der Waals surface area contributed by atoms with Gasteiger partial charge in [-0.2, -0.15) is 0 Å². The molecule has 3 saturated carbocycles. The van der Waals surface area contributed by atoms with Crippen molar-refractivity contribution in [2.24, 2.45) is 0 Å². The Kier molecular flexibility index (Phi) is 3.68. The van der Waals surface area contributed by atoms with Crippen LogP contribution in [0.3, 0.4) is 0 Å². The molecule has 29 heavy (non-hydrogen) atoms. The molecule has 3 aliphatic rings. The Morgan fingerprint density at radius 3 is 2.66 bits per heavy atom. The minimum atomic E-state index is -2.76. The van der Waals surface area contributed by atoms with E-state index in [0.717, 1.165) is 11.8 Å². The van der Waals surface area contributed by atoms with Crippen molar-refractivity contribution < 1.29 is 22.7 Å². The molecule has 3 fully saturated rings. The average molecular weight is 402 g/mol. The first-order chi connectivity index (χ1) is 13.8. The number of pyridine rings is 2. The molecule has 0 aliphatic heterocycles. The summed E-state index contributed by atoms with van der Waals surface area (Å²) in [6, 6.07) is 5.48. The van der Waals surface area contributed by atoms with Gasteiger partial charge in [0.2, 0.25) is 0 Å². The number of nitrogens with one attached hydrogen (secondary N) is 1. The van der Waals surface area contributed by atoms with Gasteiger partial charge in [0.1, 0.15) is 17.1 Å². The average Bonchev–Trinajstić information content (AvgIpc) is 3.08. The molecule has 150 valence electrons. The summed E-state index contributed by atoms with van der Waals surface area (Å²) in [6.07, 6.45) is 2.18. The van der Waals surface area contributed by atoms with Crippen molar-refractivity contribution in [3.8, 4) is 5.75 Å². The third-order valence-electron chi connectivity index (χ3n) is 5.73. The van der Waals surface area contributed by atoms with Gasteiger partial charge in [0.05, 0.1) is 18.5 Å². The Balaban J connectivity index is 1.44. The highest BCUT2D eigenvalue weighted by atomic mass is 19.3. The molecule has 0 saturated heterocycles. The van der Waals surface area contributed by atoms with E-state index in [-0.39, 0.29) is 11.1 Å². The van der Waals surface area contributed by atoms with Crippen molar-refractivity contribution >= 4 is 17.2 Å². The lowest BCUT2D eigenvalue weighted by molar-refractivity contribution is -0.159. The fraction of sp³-hybridized carbons (Fsp3) is 0.350. The highest BCUT2D eigenvalue weighted by Gasteiger charge is 2.70. The van der Waals surface area contributed by atoms with Gasteiger partial charge >= 0.3 is 0 Å². The van der Waals surface area contributed by atoms with Crippen LogP contribution in [0.2, 0.25) is 0 Å². The van der Waals surface area contributed by atoms with Crippen molar-refractivity contribution in [1.29, 1.82) is 0 Å². The smallest absolute Gasteiger partial charge is 0.280 e. The van der Waals surface area contributed by atoms with E-state index in [4.69, 9.17) is 4.74 Å². The van der Waals surface area contributed by atoms with Crippen molar-refractivity contribution in [2.75, 3.05) is 12.4 Å². The molecular weight excluding hydrogens is 385 g/mol. The van der Waals surface area contributed by atoms with E-state index in [9.17, 15) is 18.0 Å². The van der Waals surface area contributed by atoms with Crippen LogP contribution in [-0.2, 0) is 5.41 Å². The lowest BCUT2D eigenvalue weighted by Gasteiger charge is -2.65. The number of fused-ring (bicyclic) bond motifs is 1. The summed E-state index contributed by atoms with van der Waals surface area (Å²) >= 11 is 0. The number of rotatable bonds is 5. The van der Waals surface area contributed by atoms with Crippen LogP contribution in [0.1, 0.15) is 47.6 Å². The monoisotopic (exact) mass is 402 g/mol. The number of anilines is 1. The van der Waals surface area contributed by atoms with Crippen LogP contribution >= 0.6 is 0 Å². The van der Waals surface area contributed by atoms with Gasteiger partial charge in [0, 0.05) is 23.9 Å². The molecule has 0 radical (unpaired) electrons. The number of carbonyl (C=O) groups is 1. The summed E-state index contributed by atoms with van der Waals surface area (Å²) in [7, 11) is 1.49. The summed E-state index contributed by atoms with van der Waals surface area (Å²) in [5, 5.41) is 2.65. The van der Waals surface area contributed by atoms with E-state index in [0.29, 0.717) is 36.3 Å². The molecule has 0 atom stereocenters. The molecule has 3 aromatic heterocycles. The maximum absolute atomic E-state index is 13.9. The number of amides is 1. The third kappa shape index (κ3) is 2.75. The zero-order valence-electron chi connectivity index (χ0n) is 15.5. The Morgan fingerprint density at radius 1 is 1.24 bits per heavy atom. The second-order valence-electron chi connectivity index (χ2n) is 7.82. The zero-order chi connectivity index (χ0) is 20.4. The maximum atomic E-state index is 13.9. The van der Waals surface area contributed by atoms with Crippen LogP contribution in [0, 0.1) is 0 Å². The van der Waals surface area contributed by atoms with Crippen molar-refractivity contribution in [3.63, 3.8) is 0 Å². The van der Waals surface area contributed by atoms with Crippen molar-refractivity contribution in [1.82, 2.24) is 14.4 Å². The SMILES string of the molecule is COc1cc(NC(=O)c2cccc(C(F)F)n2)cn2cc(C34CC(F)(C3)C4)nc12. The summed E-state index contributed by atoms with van der Waals surface area (Å²) in [5.41, 5.74) is -0.0364. The minimum absolute atomic E-state index is 0.115. The number of aromatic nitrogens is 3. The van der Waals surface area contributed by atoms with Gasteiger partial charge in [-0.1, -0.05) is 6.07 Å². The summed E-state index contributed by atoms with van der Waals surface area (Å²) in [5.74, 6) is -0.182. The fourth-order valence-corrected chi connectivity index (χ4v) is 4.37. The van der Waals surface area contributed by atoms with Crippen LogP contribution in [-0.4, -0.2) is 33.1 Å². The van der Waals surface area contributed by atoms with Gasteiger partial charge in [-0.15, -0.1) is 0 Å². The molecular formula is C20H17F3N4O2. The van der Waals surface area contributed by atoms with Crippen LogP contribution in [0.4, 0.5) is 18.9 Å². The summed E-state index contributed by atoms with van der Waals surface area (Å²) in [4.78, 5) is 20.8. The molecule has 2 bridgehead atoms. The summed E-state index contributed by atoms with van der Waals surface area (Å²) in [6.45, 7) is 0. The number of alkyl halides is 3. The second-order valence-corrected chi connectivity index (χ2v) is 7.82. The highest BCUT2D eigenvalue weighted by molar-refractivity contribution is 6.03. The molecule has 0 spiro atoms. The Hall–Kier alpha value is -3.10. The van der Waals surface area contributed by atoms with Crippen LogP contribution in [0.15, 0.2) is 36.7 Å². The molecule has 1 amide bonds. The quantitative estimate of drug-likeness (QED) is 0.699. The number of methoxy groups -OCH3 is 1. The number of imidazole rings is 1. The molecule has 3 aromatic rings. The molecule has 6 rings (SSSR count). The molecule has 9 heteroatoms.